The molecule has 2 aliphatic rings. The van der Waals surface area contributed by atoms with Gasteiger partial charge in [0, 0.05) is 48.2 Å². The number of anilines is 1. The summed E-state index contributed by atoms with van der Waals surface area (Å²) in [5, 5.41) is 6.62. The highest BCUT2D eigenvalue weighted by Gasteiger charge is 2.38. The van der Waals surface area contributed by atoms with E-state index in [0.717, 1.165) is 19.0 Å². The van der Waals surface area contributed by atoms with Crippen molar-refractivity contribution >= 4 is 11.9 Å². The smallest absolute Gasteiger partial charge is 0.356 e. The van der Waals surface area contributed by atoms with E-state index in [1.807, 2.05) is 20.8 Å². The van der Waals surface area contributed by atoms with Crippen LogP contribution in [0.25, 0.3) is 11.3 Å². The number of piperidine rings is 1. The second kappa shape index (κ2) is 8.55. The van der Waals surface area contributed by atoms with E-state index in [1.165, 1.54) is 6.20 Å². The fourth-order valence-electron chi connectivity index (χ4n) is 4.70. The Kier molecular flexibility index (Phi) is 6.16. The summed E-state index contributed by atoms with van der Waals surface area (Å²) in [5.41, 5.74) is -0.262. The van der Waals surface area contributed by atoms with Crippen LogP contribution in [0.4, 0.5) is 19.1 Å². The van der Waals surface area contributed by atoms with Crippen LogP contribution in [0, 0.1) is 0 Å². The van der Waals surface area contributed by atoms with Gasteiger partial charge in [-0.05, 0) is 65.9 Å². The third-order valence-electron chi connectivity index (χ3n) is 6.69. The first-order chi connectivity index (χ1) is 15.8. The molecule has 1 fully saturated rings. The number of rotatable bonds is 3. The number of hydrogen-bond donors (Lipinski definition) is 3. The van der Waals surface area contributed by atoms with Crippen molar-refractivity contribution in [3.63, 3.8) is 0 Å². The van der Waals surface area contributed by atoms with Crippen LogP contribution in [0.15, 0.2) is 12.4 Å². The molecular formula is C24H33F3N6O. The molecule has 1 saturated heterocycles. The van der Waals surface area contributed by atoms with Gasteiger partial charge in [-0.2, -0.15) is 13.2 Å². The number of aromatic amines is 1. The Bertz CT molecular complexity index is 1060. The molecule has 0 spiro atoms. The number of alkyl halides is 3. The molecule has 0 bridgehead atoms. The van der Waals surface area contributed by atoms with Gasteiger partial charge in [-0.25, -0.2) is 9.97 Å². The number of halogens is 3. The standard InChI is InChI=1S/C24H33F3N6O/c1-22(2,3)33-10-6-7-15-16(12-28-19(15)20(33)34)18-17(24(25,26)27)13-29-21(32-18)31-14-8-9-23(4,5)30-11-14/h12-14,28,30H,6-11H2,1-5H3,(H,29,31,32). The molecule has 4 rings (SSSR count). The first-order valence-corrected chi connectivity index (χ1v) is 11.7. The maximum absolute atomic E-state index is 13.9. The molecule has 1 atom stereocenters. The van der Waals surface area contributed by atoms with Crippen LogP contribution in [0.5, 0.6) is 0 Å². The van der Waals surface area contributed by atoms with Gasteiger partial charge in [0.15, 0.2) is 0 Å². The predicted molar refractivity (Wildman–Crippen MR) is 125 cm³/mol. The molecule has 4 heterocycles. The molecule has 0 radical (unpaired) electrons. The molecule has 1 amide bonds. The van der Waals surface area contributed by atoms with Gasteiger partial charge in [0.25, 0.3) is 5.91 Å². The lowest BCUT2D eigenvalue weighted by Gasteiger charge is -2.36. The van der Waals surface area contributed by atoms with Crippen molar-refractivity contribution in [1.82, 2.24) is 25.2 Å². The van der Waals surface area contributed by atoms with Crippen LogP contribution in [0.2, 0.25) is 0 Å². The summed E-state index contributed by atoms with van der Waals surface area (Å²) < 4.78 is 41.8. The predicted octanol–water partition coefficient (Wildman–Crippen LogP) is 4.62. The number of carbonyl (C=O) groups excluding carboxylic acids is 1. The van der Waals surface area contributed by atoms with Crippen LogP contribution >= 0.6 is 0 Å². The SMILES string of the molecule is CC1(C)CCC(Nc2ncc(C(F)(F)F)c(-c3c[nH]c4c3CCCN(C(C)(C)C)C4=O)n2)CN1. The van der Waals surface area contributed by atoms with Gasteiger partial charge >= 0.3 is 6.18 Å². The van der Waals surface area contributed by atoms with Gasteiger partial charge in [-0.3, -0.25) is 4.79 Å². The summed E-state index contributed by atoms with van der Waals surface area (Å²) >= 11 is 0. The van der Waals surface area contributed by atoms with Crippen LogP contribution in [-0.4, -0.2) is 56.0 Å². The number of hydrogen-bond acceptors (Lipinski definition) is 5. The number of fused-ring (bicyclic) bond motifs is 1. The van der Waals surface area contributed by atoms with E-state index in [9.17, 15) is 18.0 Å². The van der Waals surface area contributed by atoms with Crippen molar-refractivity contribution in [2.75, 3.05) is 18.4 Å². The van der Waals surface area contributed by atoms with E-state index in [1.54, 1.807) is 4.90 Å². The Morgan fingerprint density at radius 3 is 2.59 bits per heavy atom. The summed E-state index contributed by atoms with van der Waals surface area (Å²) in [6.45, 7) is 11.3. The van der Waals surface area contributed by atoms with Crippen molar-refractivity contribution in [1.29, 1.82) is 0 Å². The van der Waals surface area contributed by atoms with Gasteiger partial charge in [0.2, 0.25) is 5.95 Å². The highest BCUT2D eigenvalue weighted by atomic mass is 19.4. The fourth-order valence-corrected chi connectivity index (χ4v) is 4.70. The lowest BCUT2D eigenvalue weighted by molar-refractivity contribution is -0.137. The van der Waals surface area contributed by atoms with Crippen molar-refractivity contribution in [2.24, 2.45) is 0 Å². The molecule has 2 aromatic rings. The maximum atomic E-state index is 13.9. The van der Waals surface area contributed by atoms with Crippen molar-refractivity contribution < 1.29 is 18.0 Å². The molecule has 7 nitrogen and oxygen atoms in total. The summed E-state index contributed by atoms with van der Waals surface area (Å²) in [5.74, 6) is -0.0520. The monoisotopic (exact) mass is 478 g/mol. The Hall–Kier alpha value is -2.62. The van der Waals surface area contributed by atoms with E-state index in [2.05, 4.69) is 39.4 Å². The van der Waals surface area contributed by atoms with E-state index >= 15 is 0 Å². The molecule has 3 N–H and O–H groups in total. The summed E-state index contributed by atoms with van der Waals surface area (Å²) in [7, 11) is 0. The zero-order valence-electron chi connectivity index (χ0n) is 20.4. The van der Waals surface area contributed by atoms with Gasteiger partial charge in [-0.1, -0.05) is 0 Å². The van der Waals surface area contributed by atoms with Gasteiger partial charge < -0.3 is 20.5 Å². The van der Waals surface area contributed by atoms with E-state index in [0.29, 0.717) is 42.8 Å². The number of nitrogens with one attached hydrogen (secondary N) is 3. The highest BCUT2D eigenvalue weighted by Crippen LogP contribution is 2.39. The fraction of sp³-hybridized carbons (Fsp3) is 0.625. The van der Waals surface area contributed by atoms with Crippen LogP contribution < -0.4 is 10.6 Å². The first kappa shape index (κ1) is 24.5. The quantitative estimate of drug-likeness (QED) is 0.599. The first-order valence-electron chi connectivity index (χ1n) is 11.7. The van der Waals surface area contributed by atoms with Crippen molar-refractivity contribution in [3.8, 4) is 11.3 Å². The second-order valence-electron chi connectivity index (χ2n) is 10.9. The van der Waals surface area contributed by atoms with Crippen LogP contribution in [-0.2, 0) is 12.6 Å². The average molecular weight is 479 g/mol. The van der Waals surface area contributed by atoms with Crippen molar-refractivity contribution in [3.05, 3.63) is 29.2 Å². The minimum absolute atomic E-state index is 0.0165. The van der Waals surface area contributed by atoms with E-state index < -0.39 is 17.3 Å². The number of carbonyl (C=O) groups is 1. The van der Waals surface area contributed by atoms with Gasteiger partial charge in [-0.15, -0.1) is 0 Å². The third-order valence-corrected chi connectivity index (χ3v) is 6.69. The molecule has 0 aliphatic carbocycles. The molecule has 0 saturated carbocycles. The number of amides is 1. The maximum Gasteiger partial charge on any atom is 0.419 e. The zero-order chi connectivity index (χ0) is 24.9. The van der Waals surface area contributed by atoms with Gasteiger partial charge in [0.1, 0.15) is 11.3 Å². The summed E-state index contributed by atoms with van der Waals surface area (Å²) in [4.78, 5) is 26.2. The molecular weight excluding hydrogens is 445 g/mol. The number of H-pyrrole nitrogens is 1. The summed E-state index contributed by atoms with van der Waals surface area (Å²) in [6, 6.07) is 0.0165. The number of aromatic nitrogens is 3. The van der Waals surface area contributed by atoms with E-state index in [4.69, 9.17) is 0 Å². The molecule has 2 aromatic heterocycles. The number of nitrogens with zero attached hydrogens (tertiary/aromatic N) is 3. The topological polar surface area (TPSA) is 85.9 Å². The van der Waals surface area contributed by atoms with Crippen LogP contribution in [0.3, 0.4) is 0 Å². The lowest BCUT2D eigenvalue weighted by atomic mass is 9.91. The lowest BCUT2D eigenvalue weighted by Crippen LogP contribution is -2.50. The van der Waals surface area contributed by atoms with E-state index in [-0.39, 0.29) is 29.1 Å². The minimum Gasteiger partial charge on any atom is -0.356 e. The molecule has 186 valence electrons. The Labute approximate surface area is 197 Å². The highest BCUT2D eigenvalue weighted by molar-refractivity contribution is 5.97. The molecule has 34 heavy (non-hydrogen) atoms. The Morgan fingerprint density at radius 2 is 1.97 bits per heavy atom. The minimum atomic E-state index is -4.62. The Balaban J connectivity index is 1.71. The van der Waals surface area contributed by atoms with Crippen molar-refractivity contribution in [2.45, 2.75) is 83.6 Å². The largest absolute Gasteiger partial charge is 0.419 e. The molecule has 1 unspecified atom stereocenters. The normalized spacial score (nSPS) is 21.2. The molecule has 10 heteroatoms. The average Bonchev–Trinajstić information content (AvgIpc) is 3.06. The third kappa shape index (κ3) is 4.92. The molecule has 2 aliphatic heterocycles. The Morgan fingerprint density at radius 1 is 1.24 bits per heavy atom. The van der Waals surface area contributed by atoms with Crippen LogP contribution in [0.1, 0.15) is 75.5 Å². The summed E-state index contributed by atoms with van der Waals surface area (Å²) in [6.07, 6.45) is 0.609. The molecule has 0 aromatic carbocycles. The zero-order valence-corrected chi connectivity index (χ0v) is 20.4. The van der Waals surface area contributed by atoms with Gasteiger partial charge in [0.05, 0.1) is 5.69 Å². The second-order valence-corrected chi connectivity index (χ2v) is 10.9.